The number of thiophene rings is 1. The number of carboxylic acids is 1. The fourth-order valence-electron chi connectivity index (χ4n) is 2.71. The van der Waals surface area contributed by atoms with Crippen molar-refractivity contribution in [1.82, 2.24) is 4.90 Å². The van der Waals surface area contributed by atoms with Gasteiger partial charge in [0.25, 0.3) is 0 Å². The number of hydrogen-bond donors (Lipinski definition) is 1. The highest BCUT2D eigenvalue weighted by Gasteiger charge is 2.40. The lowest BCUT2D eigenvalue weighted by molar-refractivity contribution is -0.154. The third kappa shape index (κ3) is 1.73. The molecule has 1 aliphatic carbocycles. The Morgan fingerprint density at radius 2 is 2.17 bits per heavy atom. The van der Waals surface area contributed by atoms with Gasteiger partial charge in [-0.2, -0.15) is 0 Å². The fraction of sp³-hybridized carbons (Fsp3) is 0.538. The number of carbonyl (C=O) groups is 2. The van der Waals surface area contributed by atoms with Gasteiger partial charge in [-0.25, -0.2) is 4.79 Å². The Morgan fingerprint density at radius 3 is 2.78 bits per heavy atom. The van der Waals surface area contributed by atoms with E-state index in [0.29, 0.717) is 6.54 Å². The molecule has 0 aromatic carbocycles. The lowest BCUT2D eigenvalue weighted by Gasteiger charge is -2.37. The van der Waals surface area contributed by atoms with Crippen molar-refractivity contribution in [3.63, 3.8) is 0 Å². The van der Waals surface area contributed by atoms with Gasteiger partial charge in [0.05, 0.1) is 0 Å². The Balaban J connectivity index is 1.90. The van der Waals surface area contributed by atoms with Crippen molar-refractivity contribution in [3.8, 4) is 0 Å². The standard InChI is InChI=1S/C13H15NO3S/c15-12(8-2-1-3-8)14-6-4-10-9(5-7-18-10)11(14)13(16)17/h5,7-8,11H,1-4,6H2,(H,16,17). The summed E-state index contributed by atoms with van der Waals surface area (Å²) in [5.41, 5.74) is 0.812. The van der Waals surface area contributed by atoms with Crippen LogP contribution in [-0.2, 0) is 16.0 Å². The predicted octanol–water partition coefficient (Wildman–Crippen LogP) is 2.06. The van der Waals surface area contributed by atoms with Crippen LogP contribution in [0.2, 0.25) is 0 Å². The Labute approximate surface area is 109 Å². The molecule has 1 atom stereocenters. The molecule has 1 aromatic heterocycles. The van der Waals surface area contributed by atoms with Gasteiger partial charge >= 0.3 is 5.97 Å². The van der Waals surface area contributed by atoms with Crippen molar-refractivity contribution in [2.75, 3.05) is 6.54 Å². The summed E-state index contributed by atoms with van der Waals surface area (Å²) >= 11 is 1.59. The van der Waals surface area contributed by atoms with Crippen LogP contribution in [0.1, 0.15) is 35.7 Å². The molecule has 18 heavy (non-hydrogen) atoms. The van der Waals surface area contributed by atoms with Crippen LogP contribution in [0.5, 0.6) is 0 Å². The normalized spacial score (nSPS) is 23.3. The van der Waals surface area contributed by atoms with E-state index in [1.54, 1.807) is 16.2 Å². The quantitative estimate of drug-likeness (QED) is 0.890. The highest BCUT2D eigenvalue weighted by Crippen LogP contribution is 2.37. The van der Waals surface area contributed by atoms with E-state index in [1.807, 2.05) is 11.4 Å². The maximum atomic E-state index is 12.3. The molecule has 2 heterocycles. The first kappa shape index (κ1) is 11.7. The van der Waals surface area contributed by atoms with Crippen LogP contribution in [0.15, 0.2) is 11.4 Å². The number of hydrogen-bond acceptors (Lipinski definition) is 3. The zero-order chi connectivity index (χ0) is 12.7. The van der Waals surface area contributed by atoms with E-state index < -0.39 is 12.0 Å². The van der Waals surface area contributed by atoms with Crippen LogP contribution < -0.4 is 0 Å². The van der Waals surface area contributed by atoms with Crippen LogP contribution in [0.4, 0.5) is 0 Å². The first-order chi connectivity index (χ1) is 8.68. The molecule has 1 amide bonds. The van der Waals surface area contributed by atoms with Gasteiger partial charge in [-0.3, -0.25) is 4.79 Å². The molecular weight excluding hydrogens is 250 g/mol. The minimum Gasteiger partial charge on any atom is -0.479 e. The van der Waals surface area contributed by atoms with Gasteiger partial charge in [-0.05, 0) is 36.3 Å². The van der Waals surface area contributed by atoms with E-state index in [0.717, 1.165) is 36.1 Å². The van der Waals surface area contributed by atoms with Crippen molar-refractivity contribution in [2.45, 2.75) is 31.7 Å². The molecule has 96 valence electrons. The van der Waals surface area contributed by atoms with Crippen molar-refractivity contribution >= 4 is 23.2 Å². The van der Waals surface area contributed by atoms with Crippen LogP contribution in [0.25, 0.3) is 0 Å². The van der Waals surface area contributed by atoms with E-state index in [-0.39, 0.29) is 11.8 Å². The summed E-state index contributed by atoms with van der Waals surface area (Å²) in [5, 5.41) is 11.3. The first-order valence-corrected chi connectivity index (χ1v) is 7.16. The summed E-state index contributed by atoms with van der Waals surface area (Å²) < 4.78 is 0. The van der Waals surface area contributed by atoms with Crippen molar-refractivity contribution in [2.24, 2.45) is 5.92 Å². The van der Waals surface area contributed by atoms with Crippen LogP contribution in [0.3, 0.4) is 0 Å². The van der Waals surface area contributed by atoms with Crippen molar-refractivity contribution in [1.29, 1.82) is 0 Å². The molecule has 1 N–H and O–H groups in total. The van der Waals surface area contributed by atoms with Gasteiger partial charge in [0, 0.05) is 17.3 Å². The van der Waals surface area contributed by atoms with Gasteiger partial charge in [0.2, 0.25) is 5.91 Å². The number of rotatable bonds is 2. The molecule has 1 saturated carbocycles. The van der Waals surface area contributed by atoms with E-state index >= 15 is 0 Å². The summed E-state index contributed by atoms with van der Waals surface area (Å²) in [6.07, 6.45) is 3.71. The Morgan fingerprint density at radius 1 is 1.39 bits per heavy atom. The number of amides is 1. The number of carboxylic acid groups (broad SMARTS) is 1. The molecule has 1 unspecified atom stereocenters. The van der Waals surface area contributed by atoms with E-state index in [2.05, 4.69) is 0 Å². The van der Waals surface area contributed by atoms with Gasteiger partial charge in [0.1, 0.15) is 0 Å². The van der Waals surface area contributed by atoms with Gasteiger partial charge in [-0.15, -0.1) is 11.3 Å². The number of aliphatic carboxylic acids is 1. The Kier molecular flexibility index (Phi) is 2.86. The third-order valence-corrected chi connectivity index (χ3v) is 4.93. The van der Waals surface area contributed by atoms with Gasteiger partial charge in [-0.1, -0.05) is 6.42 Å². The number of nitrogens with zero attached hydrogens (tertiary/aromatic N) is 1. The molecule has 1 fully saturated rings. The second kappa shape index (κ2) is 4.39. The smallest absolute Gasteiger partial charge is 0.331 e. The molecule has 0 spiro atoms. The minimum absolute atomic E-state index is 0.0329. The monoisotopic (exact) mass is 265 g/mol. The zero-order valence-corrected chi connectivity index (χ0v) is 10.8. The zero-order valence-electron chi connectivity index (χ0n) is 9.96. The second-order valence-electron chi connectivity index (χ2n) is 4.95. The molecular formula is C13H15NO3S. The first-order valence-electron chi connectivity index (χ1n) is 6.28. The van der Waals surface area contributed by atoms with E-state index in [1.165, 1.54) is 0 Å². The highest BCUT2D eigenvalue weighted by molar-refractivity contribution is 7.10. The molecule has 2 aliphatic rings. The average molecular weight is 265 g/mol. The lowest BCUT2D eigenvalue weighted by Crippen LogP contribution is -2.46. The summed E-state index contributed by atoms with van der Waals surface area (Å²) in [6.45, 7) is 0.541. The fourth-order valence-corrected chi connectivity index (χ4v) is 3.61. The summed E-state index contributed by atoms with van der Waals surface area (Å²) in [6, 6.07) is 1.08. The number of fused-ring (bicyclic) bond motifs is 1. The largest absolute Gasteiger partial charge is 0.479 e. The average Bonchev–Trinajstić information content (AvgIpc) is 2.72. The summed E-state index contributed by atoms with van der Waals surface area (Å²) in [5.74, 6) is -0.820. The molecule has 0 saturated heterocycles. The topological polar surface area (TPSA) is 57.6 Å². The predicted molar refractivity (Wildman–Crippen MR) is 67.5 cm³/mol. The van der Waals surface area contributed by atoms with Crippen molar-refractivity contribution < 1.29 is 14.7 Å². The molecule has 5 heteroatoms. The summed E-state index contributed by atoms with van der Waals surface area (Å²) in [7, 11) is 0. The number of carbonyl (C=O) groups excluding carboxylic acids is 1. The van der Waals surface area contributed by atoms with Gasteiger partial charge in [0.15, 0.2) is 6.04 Å². The van der Waals surface area contributed by atoms with Crippen LogP contribution >= 0.6 is 11.3 Å². The molecule has 1 aromatic rings. The van der Waals surface area contributed by atoms with Crippen LogP contribution in [-0.4, -0.2) is 28.4 Å². The Bertz CT molecular complexity index is 492. The van der Waals surface area contributed by atoms with Crippen LogP contribution in [0, 0.1) is 5.92 Å². The lowest BCUT2D eigenvalue weighted by atomic mass is 9.83. The minimum atomic E-state index is -0.915. The molecule has 4 nitrogen and oxygen atoms in total. The van der Waals surface area contributed by atoms with Crippen molar-refractivity contribution in [3.05, 3.63) is 21.9 Å². The molecule has 0 bridgehead atoms. The molecule has 3 rings (SSSR count). The third-order valence-electron chi connectivity index (χ3n) is 3.94. The second-order valence-corrected chi connectivity index (χ2v) is 5.95. The SMILES string of the molecule is O=C(O)C1c2ccsc2CCN1C(=O)C1CCC1. The Hall–Kier alpha value is -1.36. The molecule has 1 aliphatic heterocycles. The maximum Gasteiger partial charge on any atom is 0.331 e. The van der Waals surface area contributed by atoms with E-state index in [4.69, 9.17) is 0 Å². The molecule has 0 radical (unpaired) electrons. The highest BCUT2D eigenvalue weighted by atomic mass is 32.1. The summed E-state index contributed by atoms with van der Waals surface area (Å²) in [4.78, 5) is 26.4. The van der Waals surface area contributed by atoms with E-state index in [9.17, 15) is 14.7 Å². The maximum absolute atomic E-state index is 12.3. The van der Waals surface area contributed by atoms with Gasteiger partial charge < -0.3 is 10.0 Å².